The number of nitrogens with one attached hydrogen (secondary N) is 1. The maximum Gasteiger partial charge on any atom is 0.189 e. The van der Waals surface area contributed by atoms with E-state index >= 15 is 0 Å². The Labute approximate surface area is 153 Å². The third kappa shape index (κ3) is 4.60. The molecule has 0 fully saturated rings. The zero-order chi connectivity index (χ0) is 15.4. The number of halogens is 1. The van der Waals surface area contributed by atoms with Crippen molar-refractivity contribution in [1.82, 2.24) is 15.1 Å². The van der Waals surface area contributed by atoms with Crippen molar-refractivity contribution in [1.29, 1.82) is 0 Å². The van der Waals surface area contributed by atoms with E-state index in [1.165, 1.54) is 0 Å². The second kappa shape index (κ2) is 8.19. The average Bonchev–Trinajstić information content (AvgIpc) is 2.93. The van der Waals surface area contributed by atoms with Crippen molar-refractivity contribution in [2.24, 2.45) is 17.8 Å². The van der Waals surface area contributed by atoms with Gasteiger partial charge in [0.1, 0.15) is 5.75 Å². The summed E-state index contributed by atoms with van der Waals surface area (Å²) in [6, 6.07) is 10.2. The van der Waals surface area contributed by atoms with Gasteiger partial charge in [-0.2, -0.15) is 5.10 Å². The zero-order valence-electron chi connectivity index (χ0n) is 13.1. The van der Waals surface area contributed by atoms with E-state index in [1.807, 2.05) is 37.5 Å². The number of aromatic nitrogens is 2. The van der Waals surface area contributed by atoms with E-state index < -0.39 is 0 Å². The fraction of sp³-hybridized carbons (Fsp3) is 0.375. The molecule has 0 aliphatic carbocycles. The highest BCUT2D eigenvalue weighted by Gasteiger charge is 2.21. The monoisotopic (exact) mass is 427 g/mol. The molecular formula is C16H22IN5O. The van der Waals surface area contributed by atoms with Gasteiger partial charge in [0.05, 0.1) is 18.3 Å². The van der Waals surface area contributed by atoms with Gasteiger partial charge in [0.15, 0.2) is 5.96 Å². The number of para-hydroxylation sites is 1. The molecule has 1 atom stereocenters. The highest BCUT2D eigenvalue weighted by molar-refractivity contribution is 14.0. The fourth-order valence-electron chi connectivity index (χ4n) is 2.60. The van der Waals surface area contributed by atoms with Gasteiger partial charge in [-0.05, 0) is 12.1 Å². The van der Waals surface area contributed by atoms with Gasteiger partial charge >= 0.3 is 0 Å². The van der Waals surface area contributed by atoms with Crippen molar-refractivity contribution in [3.63, 3.8) is 0 Å². The minimum absolute atomic E-state index is 0. The number of aryl methyl sites for hydroxylation is 1. The smallest absolute Gasteiger partial charge is 0.189 e. The van der Waals surface area contributed by atoms with Crippen LogP contribution >= 0.6 is 24.0 Å². The zero-order valence-corrected chi connectivity index (χ0v) is 15.4. The summed E-state index contributed by atoms with van der Waals surface area (Å²) in [6.45, 7) is 1.32. The van der Waals surface area contributed by atoms with Gasteiger partial charge in [0, 0.05) is 38.2 Å². The van der Waals surface area contributed by atoms with Crippen molar-refractivity contribution >= 4 is 29.9 Å². The molecule has 2 heterocycles. The van der Waals surface area contributed by atoms with Crippen LogP contribution in [0.1, 0.15) is 23.7 Å². The first-order valence-electron chi connectivity index (χ1n) is 7.49. The second-order valence-electron chi connectivity index (χ2n) is 5.37. The van der Waals surface area contributed by atoms with Crippen molar-refractivity contribution in [3.8, 4) is 5.75 Å². The van der Waals surface area contributed by atoms with E-state index in [0.29, 0.717) is 19.1 Å². The van der Waals surface area contributed by atoms with Crippen LogP contribution in [0.5, 0.6) is 5.75 Å². The third-order valence-corrected chi connectivity index (χ3v) is 3.70. The summed E-state index contributed by atoms with van der Waals surface area (Å²) in [7, 11) is 1.91. The first-order chi connectivity index (χ1) is 10.7. The van der Waals surface area contributed by atoms with Gasteiger partial charge in [-0.1, -0.05) is 18.2 Å². The lowest BCUT2D eigenvalue weighted by Crippen LogP contribution is -2.37. The first-order valence-corrected chi connectivity index (χ1v) is 7.49. The van der Waals surface area contributed by atoms with Gasteiger partial charge in [0.2, 0.25) is 0 Å². The SMILES string of the molecule is Cn1ccc(CCN=C(N)NC2CCOc3ccccc32)n1.I. The molecule has 7 heteroatoms. The van der Waals surface area contributed by atoms with Crippen LogP contribution in [0.3, 0.4) is 0 Å². The molecular weight excluding hydrogens is 405 g/mol. The number of hydrogen-bond donors (Lipinski definition) is 2. The highest BCUT2D eigenvalue weighted by atomic mass is 127. The Morgan fingerprint density at radius 1 is 1.43 bits per heavy atom. The van der Waals surface area contributed by atoms with Crippen LogP contribution in [0, 0.1) is 0 Å². The van der Waals surface area contributed by atoms with Crippen molar-refractivity contribution in [3.05, 3.63) is 47.8 Å². The standard InChI is InChI=1S/C16H21N5O.HI/c1-21-10-7-12(20-21)6-9-18-16(17)19-14-8-11-22-15-5-3-2-4-13(14)15;/h2-5,7,10,14H,6,8-9,11H2,1H3,(H3,17,18,19);1H. The van der Waals surface area contributed by atoms with Gasteiger partial charge < -0.3 is 15.8 Å². The molecule has 1 aliphatic heterocycles. The Hall–Kier alpha value is -1.77. The van der Waals surface area contributed by atoms with Crippen LogP contribution in [-0.2, 0) is 13.5 Å². The molecule has 3 rings (SSSR count). The number of hydrogen-bond acceptors (Lipinski definition) is 3. The van der Waals surface area contributed by atoms with Crippen LogP contribution in [0.4, 0.5) is 0 Å². The Balaban J connectivity index is 0.00000192. The van der Waals surface area contributed by atoms with Crippen molar-refractivity contribution in [2.75, 3.05) is 13.2 Å². The van der Waals surface area contributed by atoms with E-state index in [1.54, 1.807) is 4.68 Å². The number of fused-ring (bicyclic) bond motifs is 1. The Morgan fingerprint density at radius 2 is 2.26 bits per heavy atom. The molecule has 0 bridgehead atoms. The van der Waals surface area contributed by atoms with E-state index in [2.05, 4.69) is 21.5 Å². The van der Waals surface area contributed by atoms with Crippen LogP contribution in [0.2, 0.25) is 0 Å². The van der Waals surface area contributed by atoms with Crippen molar-refractivity contribution < 1.29 is 4.74 Å². The lowest BCUT2D eigenvalue weighted by molar-refractivity contribution is 0.262. The lowest BCUT2D eigenvalue weighted by Gasteiger charge is -2.26. The van der Waals surface area contributed by atoms with Gasteiger partial charge in [-0.3, -0.25) is 9.67 Å². The second-order valence-corrected chi connectivity index (χ2v) is 5.37. The molecule has 6 nitrogen and oxygen atoms in total. The number of aliphatic imine (C=N–C) groups is 1. The predicted molar refractivity (Wildman–Crippen MR) is 101 cm³/mol. The molecule has 0 radical (unpaired) electrons. The molecule has 0 amide bonds. The Bertz CT molecular complexity index is 670. The average molecular weight is 427 g/mol. The summed E-state index contributed by atoms with van der Waals surface area (Å²) < 4.78 is 7.44. The van der Waals surface area contributed by atoms with Crippen LogP contribution in [-0.4, -0.2) is 28.9 Å². The van der Waals surface area contributed by atoms with E-state index in [9.17, 15) is 0 Å². The highest BCUT2D eigenvalue weighted by Crippen LogP contribution is 2.31. The maximum atomic E-state index is 6.00. The summed E-state index contributed by atoms with van der Waals surface area (Å²) in [5.41, 5.74) is 8.16. The molecule has 124 valence electrons. The quantitative estimate of drug-likeness (QED) is 0.445. The van der Waals surface area contributed by atoms with Gasteiger partial charge in [-0.25, -0.2) is 0 Å². The normalized spacial score (nSPS) is 16.9. The molecule has 0 spiro atoms. The molecule has 1 aromatic heterocycles. The molecule has 1 aliphatic rings. The molecule has 0 saturated heterocycles. The molecule has 23 heavy (non-hydrogen) atoms. The summed E-state index contributed by atoms with van der Waals surface area (Å²) >= 11 is 0. The van der Waals surface area contributed by atoms with E-state index in [-0.39, 0.29) is 30.0 Å². The molecule has 2 aromatic rings. The molecule has 1 aromatic carbocycles. The molecule has 1 unspecified atom stereocenters. The first kappa shape index (κ1) is 17.6. The fourth-order valence-corrected chi connectivity index (χ4v) is 2.60. The Morgan fingerprint density at radius 3 is 3.04 bits per heavy atom. The van der Waals surface area contributed by atoms with Crippen molar-refractivity contribution in [2.45, 2.75) is 18.9 Å². The number of rotatable bonds is 4. The third-order valence-electron chi connectivity index (χ3n) is 3.70. The minimum Gasteiger partial charge on any atom is -0.493 e. The lowest BCUT2D eigenvalue weighted by atomic mass is 10.0. The Kier molecular flexibility index (Phi) is 6.26. The number of nitrogens with zero attached hydrogens (tertiary/aromatic N) is 3. The molecule has 0 saturated carbocycles. The number of guanidine groups is 1. The minimum atomic E-state index is 0. The number of ether oxygens (including phenoxy) is 1. The number of nitrogens with two attached hydrogens (primary N) is 1. The summed E-state index contributed by atoms with van der Waals surface area (Å²) in [5, 5.41) is 7.61. The van der Waals surface area contributed by atoms with Gasteiger partial charge in [-0.15, -0.1) is 24.0 Å². The predicted octanol–water partition coefficient (Wildman–Crippen LogP) is 2.01. The largest absolute Gasteiger partial charge is 0.493 e. The number of benzene rings is 1. The van der Waals surface area contributed by atoms with E-state index in [4.69, 9.17) is 10.5 Å². The summed E-state index contributed by atoms with van der Waals surface area (Å²) in [5.74, 6) is 1.39. The van der Waals surface area contributed by atoms with Crippen LogP contribution < -0.4 is 15.8 Å². The molecule has 3 N–H and O–H groups in total. The van der Waals surface area contributed by atoms with Crippen LogP contribution in [0.15, 0.2) is 41.5 Å². The summed E-state index contributed by atoms with van der Waals surface area (Å²) in [6.07, 6.45) is 3.60. The summed E-state index contributed by atoms with van der Waals surface area (Å²) in [4.78, 5) is 4.39. The van der Waals surface area contributed by atoms with Gasteiger partial charge in [0.25, 0.3) is 0 Å². The van der Waals surface area contributed by atoms with Crippen LogP contribution in [0.25, 0.3) is 0 Å². The van der Waals surface area contributed by atoms with E-state index in [0.717, 1.165) is 29.8 Å². The topological polar surface area (TPSA) is 77.5 Å². The maximum absolute atomic E-state index is 6.00.